The van der Waals surface area contributed by atoms with E-state index in [0.717, 1.165) is 37.0 Å². The summed E-state index contributed by atoms with van der Waals surface area (Å²) in [7, 11) is 0. The second-order valence-corrected chi connectivity index (χ2v) is 7.71. The highest BCUT2D eigenvalue weighted by molar-refractivity contribution is 5.84. The van der Waals surface area contributed by atoms with Gasteiger partial charge in [0.1, 0.15) is 6.04 Å². The topological polar surface area (TPSA) is 99.9 Å². The predicted molar refractivity (Wildman–Crippen MR) is 100.0 cm³/mol. The Balaban J connectivity index is 1.25. The molecule has 0 radical (unpaired) electrons. The average Bonchev–Trinajstić information content (AvgIpc) is 3.10. The number of rotatable bonds is 4. The molecular weight excluding hydrogens is 344 g/mol. The number of para-hydroxylation sites is 2. The molecule has 1 atom stereocenters. The molecule has 0 bridgehead atoms. The summed E-state index contributed by atoms with van der Waals surface area (Å²) in [6.07, 6.45) is 4.91. The van der Waals surface area contributed by atoms with Gasteiger partial charge in [-0.25, -0.2) is 4.98 Å². The minimum atomic E-state index is -0.415. The van der Waals surface area contributed by atoms with Gasteiger partial charge in [-0.1, -0.05) is 17.2 Å². The molecule has 2 N–H and O–H groups in total. The van der Waals surface area contributed by atoms with Crippen molar-refractivity contribution in [3.63, 3.8) is 0 Å². The molecule has 5 rings (SSSR count). The van der Waals surface area contributed by atoms with Crippen LogP contribution < -0.4 is 5.32 Å². The Hall–Kier alpha value is -2.90. The third-order valence-corrected chi connectivity index (χ3v) is 5.82. The summed E-state index contributed by atoms with van der Waals surface area (Å²) in [4.78, 5) is 22.2. The molecule has 140 valence electrons. The maximum Gasteiger partial charge on any atom is 0.316 e. The highest BCUT2D eigenvalue weighted by Gasteiger charge is 2.45. The molecule has 1 amide bonds. The molecule has 8 nitrogen and oxygen atoms in total. The van der Waals surface area contributed by atoms with Gasteiger partial charge in [0, 0.05) is 13.1 Å². The van der Waals surface area contributed by atoms with Crippen molar-refractivity contribution in [1.82, 2.24) is 25.1 Å². The van der Waals surface area contributed by atoms with Crippen LogP contribution in [-0.4, -0.2) is 50.1 Å². The number of amides is 1. The smallest absolute Gasteiger partial charge is 0.316 e. The van der Waals surface area contributed by atoms with Gasteiger partial charge in [-0.05, 0) is 50.2 Å². The fourth-order valence-electron chi connectivity index (χ4n) is 3.83. The first-order valence-corrected chi connectivity index (χ1v) is 9.46. The fourth-order valence-corrected chi connectivity index (χ4v) is 3.83. The normalized spacial score (nSPS) is 19.4. The van der Waals surface area contributed by atoms with Crippen molar-refractivity contribution in [2.45, 2.75) is 38.6 Å². The molecule has 1 aliphatic carbocycles. The van der Waals surface area contributed by atoms with Crippen molar-refractivity contribution in [1.29, 1.82) is 0 Å². The lowest BCUT2D eigenvalue weighted by Gasteiger charge is -2.33. The van der Waals surface area contributed by atoms with E-state index in [1.807, 2.05) is 36.1 Å². The molecular formula is C19H22N6O2. The van der Waals surface area contributed by atoms with Crippen LogP contribution in [0.4, 0.5) is 6.01 Å². The van der Waals surface area contributed by atoms with E-state index < -0.39 is 6.04 Å². The monoisotopic (exact) mass is 366 g/mol. The SMILES string of the molecule is C[C@@H](Nc1nnc(-c2nc3ccccc3[nH]2)o1)C(=O)N1CCC2(CC1)CC2. The number of likely N-dealkylation sites (tertiary alicyclic amines) is 1. The van der Waals surface area contributed by atoms with Gasteiger partial charge in [0.05, 0.1) is 11.0 Å². The van der Waals surface area contributed by atoms with Crippen LogP contribution in [0.3, 0.4) is 0 Å². The standard InChI is InChI=1S/C19H22N6O2/c1-12(17(26)25-10-8-19(6-7-19)9-11-25)20-18-24-23-16(27-18)15-21-13-4-2-3-5-14(13)22-15/h2-5,12H,6-11H2,1H3,(H,20,24)(H,21,22)/t12-/m1/s1. The Bertz CT molecular complexity index is 946. The van der Waals surface area contributed by atoms with Gasteiger partial charge in [0.2, 0.25) is 5.91 Å². The fraction of sp³-hybridized carbons (Fsp3) is 0.474. The van der Waals surface area contributed by atoms with E-state index >= 15 is 0 Å². The number of benzene rings is 1. The second-order valence-electron chi connectivity index (χ2n) is 7.71. The van der Waals surface area contributed by atoms with Crippen molar-refractivity contribution in [3.8, 4) is 11.7 Å². The molecule has 27 heavy (non-hydrogen) atoms. The van der Waals surface area contributed by atoms with Gasteiger partial charge < -0.3 is 19.6 Å². The van der Waals surface area contributed by atoms with E-state index in [2.05, 4.69) is 25.5 Å². The number of aromatic nitrogens is 4. The van der Waals surface area contributed by atoms with E-state index in [-0.39, 0.29) is 11.9 Å². The molecule has 1 aromatic carbocycles. The number of nitrogens with one attached hydrogen (secondary N) is 2. The minimum Gasteiger partial charge on any atom is -0.400 e. The first-order chi connectivity index (χ1) is 13.1. The maximum atomic E-state index is 12.7. The molecule has 3 aromatic rings. The maximum absolute atomic E-state index is 12.7. The second kappa shape index (κ2) is 6.07. The number of hydrogen-bond acceptors (Lipinski definition) is 6. The van der Waals surface area contributed by atoms with Gasteiger partial charge in [-0.15, -0.1) is 5.10 Å². The van der Waals surface area contributed by atoms with Crippen LogP contribution in [0.2, 0.25) is 0 Å². The van der Waals surface area contributed by atoms with E-state index in [1.165, 1.54) is 12.8 Å². The van der Waals surface area contributed by atoms with E-state index in [1.54, 1.807) is 0 Å². The zero-order valence-electron chi connectivity index (χ0n) is 15.2. The highest BCUT2D eigenvalue weighted by Crippen LogP contribution is 2.53. The summed E-state index contributed by atoms with van der Waals surface area (Å²) < 4.78 is 5.65. The van der Waals surface area contributed by atoms with Crippen LogP contribution in [0, 0.1) is 5.41 Å². The number of carbonyl (C=O) groups is 1. The Kier molecular flexibility index (Phi) is 3.66. The van der Waals surface area contributed by atoms with Gasteiger partial charge >= 0.3 is 6.01 Å². The number of aromatic amines is 1. The van der Waals surface area contributed by atoms with Crippen molar-refractivity contribution in [3.05, 3.63) is 24.3 Å². The number of H-pyrrole nitrogens is 1. The molecule has 0 unspecified atom stereocenters. The largest absolute Gasteiger partial charge is 0.400 e. The van der Waals surface area contributed by atoms with E-state index in [0.29, 0.717) is 17.1 Å². The minimum absolute atomic E-state index is 0.0778. The molecule has 3 heterocycles. The lowest BCUT2D eigenvalue weighted by molar-refractivity contribution is -0.133. The van der Waals surface area contributed by atoms with Crippen LogP contribution in [0.5, 0.6) is 0 Å². The van der Waals surface area contributed by atoms with Gasteiger partial charge in [0.15, 0.2) is 5.82 Å². The van der Waals surface area contributed by atoms with Crippen LogP contribution in [0.25, 0.3) is 22.7 Å². The Morgan fingerprint density at radius 2 is 2.00 bits per heavy atom. The summed E-state index contributed by atoms with van der Waals surface area (Å²) in [6, 6.07) is 7.52. The summed E-state index contributed by atoms with van der Waals surface area (Å²) in [5.41, 5.74) is 2.30. The van der Waals surface area contributed by atoms with Gasteiger partial charge in [-0.3, -0.25) is 4.79 Å². The Morgan fingerprint density at radius 1 is 1.22 bits per heavy atom. The van der Waals surface area contributed by atoms with Crippen LogP contribution in [0.1, 0.15) is 32.6 Å². The first-order valence-electron chi connectivity index (χ1n) is 9.46. The van der Waals surface area contributed by atoms with Crippen molar-refractivity contribution >= 4 is 23.0 Å². The van der Waals surface area contributed by atoms with Crippen molar-refractivity contribution < 1.29 is 9.21 Å². The average molecular weight is 366 g/mol. The predicted octanol–water partition coefficient (Wildman–Crippen LogP) is 2.82. The summed E-state index contributed by atoms with van der Waals surface area (Å²) >= 11 is 0. The third-order valence-electron chi connectivity index (χ3n) is 5.82. The first kappa shape index (κ1) is 16.3. The number of piperidine rings is 1. The van der Waals surface area contributed by atoms with Gasteiger partial charge in [-0.2, -0.15) is 0 Å². The third kappa shape index (κ3) is 3.05. The molecule has 2 aliphatic rings. The quantitative estimate of drug-likeness (QED) is 0.736. The molecule has 2 aromatic heterocycles. The number of carbonyl (C=O) groups excluding carboxylic acids is 1. The zero-order valence-corrected chi connectivity index (χ0v) is 15.2. The van der Waals surface area contributed by atoms with Crippen LogP contribution >= 0.6 is 0 Å². The van der Waals surface area contributed by atoms with E-state index in [4.69, 9.17) is 4.42 Å². The number of imidazole rings is 1. The summed E-state index contributed by atoms with van der Waals surface area (Å²) in [5.74, 6) is 0.887. The van der Waals surface area contributed by atoms with Gasteiger partial charge in [0.25, 0.3) is 5.89 Å². The lowest BCUT2D eigenvalue weighted by atomic mass is 9.93. The van der Waals surface area contributed by atoms with Crippen molar-refractivity contribution in [2.24, 2.45) is 5.41 Å². The number of anilines is 1. The zero-order chi connectivity index (χ0) is 18.4. The molecule has 1 saturated heterocycles. The van der Waals surface area contributed by atoms with E-state index in [9.17, 15) is 4.79 Å². The molecule has 1 saturated carbocycles. The number of fused-ring (bicyclic) bond motifs is 1. The molecule has 1 aliphatic heterocycles. The number of nitrogens with zero attached hydrogens (tertiary/aromatic N) is 4. The lowest BCUT2D eigenvalue weighted by Crippen LogP contribution is -2.45. The van der Waals surface area contributed by atoms with Crippen LogP contribution in [-0.2, 0) is 4.79 Å². The summed E-state index contributed by atoms with van der Waals surface area (Å²) in [5, 5.41) is 11.1. The van der Waals surface area contributed by atoms with Crippen LogP contribution in [0.15, 0.2) is 28.7 Å². The molecule has 1 spiro atoms. The summed E-state index contributed by atoms with van der Waals surface area (Å²) in [6.45, 7) is 3.52. The number of hydrogen-bond donors (Lipinski definition) is 2. The molecule has 2 fully saturated rings. The molecule has 8 heteroatoms. The Morgan fingerprint density at radius 3 is 2.74 bits per heavy atom. The Labute approximate surface area is 156 Å². The van der Waals surface area contributed by atoms with Crippen molar-refractivity contribution in [2.75, 3.05) is 18.4 Å². The highest BCUT2D eigenvalue weighted by atomic mass is 16.4.